The molecule has 0 saturated heterocycles. The average Bonchev–Trinajstić information content (AvgIpc) is 2.81. The fourth-order valence-corrected chi connectivity index (χ4v) is 3.23. The lowest BCUT2D eigenvalue weighted by molar-refractivity contribution is 0.0949. The molecule has 130 valence electrons. The van der Waals surface area contributed by atoms with E-state index in [4.69, 9.17) is 5.73 Å². The molecular formula is C19H28N4O. The van der Waals surface area contributed by atoms with Gasteiger partial charge in [-0.1, -0.05) is 12.1 Å². The van der Waals surface area contributed by atoms with Crippen LogP contribution in [0.2, 0.25) is 0 Å². The molecule has 0 aliphatic heterocycles. The molecular weight excluding hydrogens is 300 g/mol. The molecule has 0 spiro atoms. The number of nitrogens with zero attached hydrogens (tertiary/aromatic N) is 2. The van der Waals surface area contributed by atoms with Crippen LogP contribution in [-0.4, -0.2) is 15.7 Å². The van der Waals surface area contributed by atoms with Crippen molar-refractivity contribution in [1.82, 2.24) is 15.1 Å². The summed E-state index contributed by atoms with van der Waals surface area (Å²) in [6, 6.07) is 4.40. The first-order valence-electron chi connectivity index (χ1n) is 8.39. The van der Waals surface area contributed by atoms with Crippen molar-refractivity contribution in [3.8, 4) is 0 Å². The maximum atomic E-state index is 12.7. The second-order valence-electron chi connectivity index (χ2n) is 6.68. The number of aromatic nitrogens is 2. The van der Waals surface area contributed by atoms with Crippen molar-refractivity contribution in [3.05, 3.63) is 51.3 Å². The van der Waals surface area contributed by atoms with Crippen molar-refractivity contribution in [2.45, 2.75) is 60.7 Å². The lowest BCUT2D eigenvalue weighted by Crippen LogP contribution is -2.25. The number of nitrogens with two attached hydrogens (primary N) is 1. The molecule has 0 atom stereocenters. The van der Waals surface area contributed by atoms with Crippen LogP contribution in [0.1, 0.15) is 63.9 Å². The highest BCUT2D eigenvalue weighted by Crippen LogP contribution is 2.19. The van der Waals surface area contributed by atoms with E-state index in [2.05, 4.69) is 50.2 Å². The minimum Gasteiger partial charge on any atom is -0.348 e. The van der Waals surface area contributed by atoms with E-state index in [0.717, 1.165) is 33.6 Å². The Hall–Kier alpha value is -2.14. The van der Waals surface area contributed by atoms with Crippen LogP contribution in [0.4, 0.5) is 0 Å². The van der Waals surface area contributed by atoms with Gasteiger partial charge in [0.1, 0.15) is 0 Å². The molecule has 0 radical (unpaired) electrons. The van der Waals surface area contributed by atoms with Crippen molar-refractivity contribution in [3.63, 3.8) is 0 Å². The molecule has 5 heteroatoms. The quantitative estimate of drug-likeness (QED) is 0.886. The molecule has 0 aliphatic carbocycles. The summed E-state index contributed by atoms with van der Waals surface area (Å²) in [6.45, 7) is 13.1. The van der Waals surface area contributed by atoms with Crippen LogP contribution >= 0.6 is 0 Å². The molecule has 0 unspecified atom stereocenters. The van der Waals surface area contributed by atoms with Crippen LogP contribution in [0, 0.1) is 27.7 Å². The zero-order chi connectivity index (χ0) is 18.0. The van der Waals surface area contributed by atoms with Gasteiger partial charge in [0.15, 0.2) is 0 Å². The summed E-state index contributed by atoms with van der Waals surface area (Å²) in [5.74, 6) is -0.0707. The molecule has 24 heavy (non-hydrogen) atoms. The number of hydrogen-bond acceptors (Lipinski definition) is 3. The van der Waals surface area contributed by atoms with E-state index in [9.17, 15) is 4.79 Å². The summed E-state index contributed by atoms with van der Waals surface area (Å²) in [5.41, 5.74) is 12.6. The predicted octanol–water partition coefficient (Wildman–Crippen LogP) is 3.09. The van der Waals surface area contributed by atoms with Gasteiger partial charge in [-0.3, -0.25) is 9.48 Å². The molecule has 5 nitrogen and oxygen atoms in total. The average molecular weight is 328 g/mol. The van der Waals surface area contributed by atoms with Gasteiger partial charge >= 0.3 is 0 Å². The molecule has 0 bridgehead atoms. The maximum absolute atomic E-state index is 12.7. The number of benzene rings is 1. The van der Waals surface area contributed by atoms with E-state index in [1.165, 1.54) is 0 Å². The van der Waals surface area contributed by atoms with Crippen molar-refractivity contribution >= 4 is 5.91 Å². The normalized spacial score (nSPS) is 11.2. The number of hydrogen-bond donors (Lipinski definition) is 2. The maximum Gasteiger partial charge on any atom is 0.255 e. The zero-order valence-electron chi connectivity index (χ0n) is 15.5. The van der Waals surface area contributed by atoms with Crippen LogP contribution in [0.25, 0.3) is 0 Å². The Balaban J connectivity index is 2.21. The SMILES string of the molecule is Cc1cc(CN)cc(C)c1CNC(=O)c1c(C)nn(C(C)C)c1C. The molecule has 0 aliphatic rings. The molecule has 2 rings (SSSR count). The van der Waals surface area contributed by atoms with E-state index in [-0.39, 0.29) is 11.9 Å². The highest BCUT2D eigenvalue weighted by Gasteiger charge is 2.20. The summed E-state index contributed by atoms with van der Waals surface area (Å²) in [7, 11) is 0. The van der Waals surface area contributed by atoms with E-state index in [1.807, 2.05) is 18.5 Å². The fourth-order valence-electron chi connectivity index (χ4n) is 3.23. The van der Waals surface area contributed by atoms with Crippen LogP contribution in [0.5, 0.6) is 0 Å². The first kappa shape index (κ1) is 18.2. The van der Waals surface area contributed by atoms with Crippen LogP contribution < -0.4 is 11.1 Å². The summed E-state index contributed by atoms with van der Waals surface area (Å²) in [5, 5.41) is 7.53. The third-order valence-corrected chi connectivity index (χ3v) is 4.46. The molecule has 2 aromatic rings. The third-order valence-electron chi connectivity index (χ3n) is 4.46. The molecule has 0 saturated carbocycles. The summed E-state index contributed by atoms with van der Waals surface area (Å²) < 4.78 is 1.90. The van der Waals surface area contributed by atoms with Gasteiger partial charge < -0.3 is 11.1 Å². The summed E-state index contributed by atoms with van der Waals surface area (Å²) in [4.78, 5) is 12.7. The smallest absolute Gasteiger partial charge is 0.255 e. The molecule has 1 aromatic carbocycles. The van der Waals surface area contributed by atoms with Crippen molar-refractivity contribution in [2.75, 3.05) is 0 Å². The molecule has 1 aromatic heterocycles. The Bertz CT molecular complexity index is 736. The van der Waals surface area contributed by atoms with Crippen molar-refractivity contribution in [2.24, 2.45) is 5.73 Å². The van der Waals surface area contributed by atoms with Crippen LogP contribution in [0.3, 0.4) is 0 Å². The Morgan fingerprint density at radius 2 is 1.79 bits per heavy atom. The Morgan fingerprint density at radius 1 is 1.21 bits per heavy atom. The number of nitrogens with one attached hydrogen (secondary N) is 1. The highest BCUT2D eigenvalue weighted by molar-refractivity contribution is 5.96. The van der Waals surface area contributed by atoms with Gasteiger partial charge in [-0.15, -0.1) is 0 Å². The Labute approximate surface area is 144 Å². The standard InChI is InChI=1S/C19H28N4O/c1-11(2)23-15(6)18(14(5)22-23)19(24)21-10-17-12(3)7-16(9-20)8-13(17)4/h7-8,11H,9-10,20H2,1-6H3,(H,21,24). The van der Waals surface area contributed by atoms with Crippen LogP contribution in [0.15, 0.2) is 12.1 Å². The van der Waals surface area contributed by atoms with Gasteiger partial charge in [0.2, 0.25) is 0 Å². The Kier molecular flexibility index (Phi) is 5.44. The van der Waals surface area contributed by atoms with Gasteiger partial charge in [0.05, 0.1) is 11.3 Å². The molecule has 0 fully saturated rings. The van der Waals surface area contributed by atoms with Gasteiger partial charge in [-0.25, -0.2) is 0 Å². The van der Waals surface area contributed by atoms with E-state index in [1.54, 1.807) is 0 Å². The van der Waals surface area contributed by atoms with E-state index >= 15 is 0 Å². The van der Waals surface area contributed by atoms with Gasteiger partial charge in [-0.05, 0) is 63.8 Å². The Morgan fingerprint density at radius 3 is 2.25 bits per heavy atom. The minimum absolute atomic E-state index is 0.0707. The monoisotopic (exact) mass is 328 g/mol. The van der Waals surface area contributed by atoms with E-state index in [0.29, 0.717) is 18.7 Å². The van der Waals surface area contributed by atoms with Crippen molar-refractivity contribution < 1.29 is 4.79 Å². The van der Waals surface area contributed by atoms with Gasteiger partial charge in [-0.2, -0.15) is 5.10 Å². The number of rotatable bonds is 5. The lowest BCUT2D eigenvalue weighted by atomic mass is 9.99. The van der Waals surface area contributed by atoms with Crippen LogP contribution in [-0.2, 0) is 13.1 Å². The molecule has 1 amide bonds. The topological polar surface area (TPSA) is 72.9 Å². The highest BCUT2D eigenvalue weighted by atomic mass is 16.1. The first-order valence-corrected chi connectivity index (χ1v) is 8.39. The largest absolute Gasteiger partial charge is 0.348 e. The fraction of sp³-hybridized carbons (Fsp3) is 0.474. The first-order chi connectivity index (χ1) is 11.3. The number of amides is 1. The number of aryl methyl sites for hydroxylation is 3. The molecule has 1 heterocycles. The van der Waals surface area contributed by atoms with E-state index < -0.39 is 0 Å². The summed E-state index contributed by atoms with van der Waals surface area (Å²) >= 11 is 0. The molecule has 3 N–H and O–H groups in total. The number of carbonyl (C=O) groups excluding carboxylic acids is 1. The zero-order valence-corrected chi connectivity index (χ0v) is 15.5. The van der Waals surface area contributed by atoms with Crippen molar-refractivity contribution in [1.29, 1.82) is 0 Å². The second-order valence-corrected chi connectivity index (χ2v) is 6.68. The minimum atomic E-state index is -0.0707. The number of carbonyl (C=O) groups is 1. The van der Waals surface area contributed by atoms with Gasteiger partial charge in [0, 0.05) is 24.8 Å². The third kappa shape index (κ3) is 3.51. The summed E-state index contributed by atoms with van der Waals surface area (Å²) in [6.07, 6.45) is 0. The second kappa shape index (κ2) is 7.18. The predicted molar refractivity (Wildman–Crippen MR) is 97.1 cm³/mol. The van der Waals surface area contributed by atoms with Gasteiger partial charge in [0.25, 0.3) is 5.91 Å². The lowest BCUT2D eigenvalue weighted by Gasteiger charge is -2.13.